The zero-order chi connectivity index (χ0) is 20.7. The van der Waals surface area contributed by atoms with Gasteiger partial charge in [0.15, 0.2) is 0 Å². The molecule has 0 saturated carbocycles. The molecule has 0 saturated heterocycles. The molecule has 0 radical (unpaired) electrons. The van der Waals surface area contributed by atoms with Crippen LogP contribution in [-0.2, 0) is 9.53 Å². The van der Waals surface area contributed by atoms with Crippen LogP contribution >= 0.6 is 0 Å². The predicted molar refractivity (Wildman–Crippen MR) is 124 cm³/mol. The highest BCUT2D eigenvalue weighted by molar-refractivity contribution is 5.69. The zero-order valence-electron chi connectivity index (χ0n) is 19.4. The van der Waals surface area contributed by atoms with Gasteiger partial charge in [0.2, 0.25) is 0 Å². The first-order valence-electron chi connectivity index (χ1n) is 12.5. The first-order valence-corrected chi connectivity index (χ1v) is 12.5. The maximum atomic E-state index is 11.5. The fourth-order valence-corrected chi connectivity index (χ4v) is 3.62. The van der Waals surface area contributed by atoms with Crippen molar-refractivity contribution in [3.63, 3.8) is 0 Å². The number of carbonyl (C=O) groups is 1. The second-order valence-electron chi connectivity index (χ2n) is 8.73. The Balaban J connectivity index is 3.08. The molecule has 0 aliphatic carbocycles. The lowest BCUT2D eigenvalue weighted by molar-refractivity contribution is -0.142. The van der Waals surface area contributed by atoms with Crippen LogP contribution in [-0.4, -0.2) is 12.6 Å². The Hall–Kier alpha value is -0.790. The van der Waals surface area contributed by atoms with Crippen molar-refractivity contribution in [2.75, 3.05) is 6.61 Å². The SMILES string of the molecule is C=C(C)COC(=O)CCCCCCCCCCCCCCCCCCCCC. The third-order valence-corrected chi connectivity index (χ3v) is 5.46. The van der Waals surface area contributed by atoms with Crippen molar-refractivity contribution in [2.24, 2.45) is 0 Å². The molecule has 0 atom stereocenters. The summed E-state index contributed by atoms with van der Waals surface area (Å²) in [5, 5.41) is 0. The molecular weight excluding hydrogens is 344 g/mol. The maximum Gasteiger partial charge on any atom is 0.306 e. The normalized spacial score (nSPS) is 10.9. The second-order valence-corrected chi connectivity index (χ2v) is 8.73. The number of ether oxygens (including phenoxy) is 1. The minimum Gasteiger partial charge on any atom is -0.461 e. The topological polar surface area (TPSA) is 26.3 Å². The summed E-state index contributed by atoms with van der Waals surface area (Å²) in [5.41, 5.74) is 0.904. The number of hydrogen-bond acceptors (Lipinski definition) is 2. The van der Waals surface area contributed by atoms with Crippen molar-refractivity contribution in [1.29, 1.82) is 0 Å². The lowest BCUT2D eigenvalue weighted by Gasteiger charge is -2.05. The molecule has 166 valence electrons. The molecular formula is C26H50O2. The third-order valence-electron chi connectivity index (χ3n) is 5.46. The maximum absolute atomic E-state index is 11.5. The van der Waals surface area contributed by atoms with Crippen molar-refractivity contribution in [2.45, 2.75) is 142 Å². The zero-order valence-corrected chi connectivity index (χ0v) is 19.4. The van der Waals surface area contributed by atoms with Crippen LogP contribution in [0.3, 0.4) is 0 Å². The van der Waals surface area contributed by atoms with E-state index in [0.717, 1.165) is 18.4 Å². The molecule has 0 aliphatic rings. The van der Waals surface area contributed by atoms with E-state index in [2.05, 4.69) is 13.5 Å². The number of carbonyl (C=O) groups excluding carboxylic acids is 1. The van der Waals surface area contributed by atoms with Crippen LogP contribution in [0.15, 0.2) is 12.2 Å². The molecule has 2 heteroatoms. The fourth-order valence-electron chi connectivity index (χ4n) is 3.62. The summed E-state index contributed by atoms with van der Waals surface area (Å²) in [7, 11) is 0. The summed E-state index contributed by atoms with van der Waals surface area (Å²) in [5.74, 6) is -0.0741. The van der Waals surface area contributed by atoms with Gasteiger partial charge in [-0.25, -0.2) is 0 Å². The van der Waals surface area contributed by atoms with Crippen LogP contribution in [0.2, 0.25) is 0 Å². The fraction of sp³-hybridized carbons (Fsp3) is 0.885. The molecule has 0 aromatic carbocycles. The number of unbranched alkanes of at least 4 members (excludes halogenated alkanes) is 18. The Morgan fingerprint density at radius 2 is 0.929 bits per heavy atom. The number of rotatable bonds is 22. The van der Waals surface area contributed by atoms with Crippen LogP contribution in [0.25, 0.3) is 0 Å². The highest BCUT2D eigenvalue weighted by Gasteiger charge is 2.02. The van der Waals surface area contributed by atoms with E-state index in [1.54, 1.807) is 0 Å². The van der Waals surface area contributed by atoms with Gasteiger partial charge in [-0.2, -0.15) is 0 Å². The lowest BCUT2D eigenvalue weighted by Crippen LogP contribution is -2.05. The Morgan fingerprint density at radius 1 is 0.607 bits per heavy atom. The van der Waals surface area contributed by atoms with Crippen molar-refractivity contribution in [3.05, 3.63) is 12.2 Å². The van der Waals surface area contributed by atoms with Gasteiger partial charge in [-0.1, -0.05) is 129 Å². The van der Waals surface area contributed by atoms with Gasteiger partial charge >= 0.3 is 5.97 Å². The van der Waals surface area contributed by atoms with Gasteiger partial charge in [0.25, 0.3) is 0 Å². The van der Waals surface area contributed by atoms with Crippen molar-refractivity contribution in [3.8, 4) is 0 Å². The number of hydrogen-bond donors (Lipinski definition) is 0. The Kier molecular flexibility index (Phi) is 21.9. The Labute approximate surface area is 176 Å². The van der Waals surface area contributed by atoms with Crippen LogP contribution in [0.4, 0.5) is 0 Å². The minimum absolute atomic E-state index is 0.0741. The van der Waals surface area contributed by atoms with Crippen LogP contribution in [0.1, 0.15) is 142 Å². The van der Waals surface area contributed by atoms with Crippen LogP contribution in [0.5, 0.6) is 0 Å². The molecule has 0 aliphatic heterocycles. The molecule has 0 unspecified atom stereocenters. The van der Waals surface area contributed by atoms with Crippen molar-refractivity contribution in [1.82, 2.24) is 0 Å². The standard InChI is InChI=1S/C26H50O2/c1-4-5-6-7-8-9-10-11-12-13-14-15-16-17-18-19-20-21-22-23-26(27)28-24-25(2)3/h2,4-24H2,1,3H3. The van der Waals surface area contributed by atoms with Gasteiger partial charge in [0, 0.05) is 6.42 Å². The van der Waals surface area contributed by atoms with E-state index in [-0.39, 0.29) is 5.97 Å². The molecule has 0 aromatic heterocycles. The summed E-state index contributed by atoms with van der Waals surface area (Å²) in [6.45, 7) is 8.28. The summed E-state index contributed by atoms with van der Waals surface area (Å²) >= 11 is 0. The highest BCUT2D eigenvalue weighted by atomic mass is 16.5. The van der Waals surface area contributed by atoms with Gasteiger partial charge < -0.3 is 4.74 Å². The molecule has 28 heavy (non-hydrogen) atoms. The molecule has 0 aromatic rings. The van der Waals surface area contributed by atoms with E-state index in [4.69, 9.17) is 4.74 Å². The summed E-state index contributed by atoms with van der Waals surface area (Å²) in [6, 6.07) is 0. The predicted octanol–water partition coefficient (Wildman–Crippen LogP) is 8.93. The van der Waals surface area contributed by atoms with Crippen molar-refractivity contribution >= 4 is 5.97 Å². The summed E-state index contributed by atoms with van der Waals surface area (Å²) in [6.07, 6.45) is 26.7. The van der Waals surface area contributed by atoms with Crippen LogP contribution < -0.4 is 0 Å². The smallest absolute Gasteiger partial charge is 0.306 e. The molecule has 0 N–H and O–H groups in total. The molecule has 0 heterocycles. The van der Waals surface area contributed by atoms with E-state index in [1.807, 2.05) is 6.92 Å². The molecule has 2 nitrogen and oxygen atoms in total. The lowest BCUT2D eigenvalue weighted by atomic mass is 10.0. The second kappa shape index (κ2) is 22.5. The van der Waals surface area contributed by atoms with Gasteiger partial charge in [-0.3, -0.25) is 4.79 Å². The van der Waals surface area contributed by atoms with Gasteiger partial charge in [-0.05, 0) is 18.9 Å². The molecule has 0 spiro atoms. The monoisotopic (exact) mass is 394 g/mol. The van der Waals surface area contributed by atoms with E-state index in [0.29, 0.717) is 13.0 Å². The van der Waals surface area contributed by atoms with E-state index in [9.17, 15) is 4.79 Å². The first-order chi connectivity index (χ1) is 13.7. The molecule has 0 fully saturated rings. The van der Waals surface area contributed by atoms with Crippen molar-refractivity contribution < 1.29 is 9.53 Å². The Bertz CT molecular complexity index is 348. The van der Waals surface area contributed by atoms with E-state index < -0.39 is 0 Å². The molecule has 0 rings (SSSR count). The largest absolute Gasteiger partial charge is 0.461 e. The first kappa shape index (κ1) is 27.2. The summed E-state index contributed by atoms with van der Waals surface area (Å²) < 4.78 is 5.10. The van der Waals surface area contributed by atoms with Gasteiger partial charge in [-0.15, -0.1) is 0 Å². The Morgan fingerprint density at radius 3 is 1.25 bits per heavy atom. The quantitative estimate of drug-likeness (QED) is 0.104. The average molecular weight is 395 g/mol. The molecule has 0 amide bonds. The third kappa shape index (κ3) is 23.2. The van der Waals surface area contributed by atoms with Crippen LogP contribution in [0, 0.1) is 0 Å². The highest BCUT2D eigenvalue weighted by Crippen LogP contribution is 2.14. The average Bonchev–Trinajstić information content (AvgIpc) is 2.68. The minimum atomic E-state index is -0.0741. The number of esters is 1. The van der Waals surface area contributed by atoms with E-state index in [1.165, 1.54) is 109 Å². The summed E-state index contributed by atoms with van der Waals surface area (Å²) in [4.78, 5) is 11.5. The van der Waals surface area contributed by atoms with Gasteiger partial charge in [0.05, 0.1) is 0 Å². The molecule has 0 bridgehead atoms. The van der Waals surface area contributed by atoms with E-state index >= 15 is 0 Å². The van der Waals surface area contributed by atoms with Gasteiger partial charge in [0.1, 0.15) is 6.61 Å².